The van der Waals surface area contributed by atoms with Gasteiger partial charge in [0.2, 0.25) is 17.7 Å². The summed E-state index contributed by atoms with van der Waals surface area (Å²) in [7, 11) is 0. The van der Waals surface area contributed by atoms with Crippen LogP contribution in [0.2, 0.25) is 0 Å². The number of carbonyl (C=O) groups excluding carboxylic acids is 5. The van der Waals surface area contributed by atoms with Gasteiger partial charge in [-0.25, -0.2) is 5.01 Å². The van der Waals surface area contributed by atoms with Crippen molar-refractivity contribution in [3.05, 3.63) is 42.1 Å². The van der Waals surface area contributed by atoms with E-state index in [1.165, 1.54) is 5.01 Å². The molecule has 0 aliphatic carbocycles. The minimum Gasteiger partial charge on any atom is -0.481 e. The molecule has 1 aromatic heterocycles. The van der Waals surface area contributed by atoms with Crippen LogP contribution < -0.4 is 10.6 Å². The summed E-state index contributed by atoms with van der Waals surface area (Å²) in [5.74, 6) is -3.40. The van der Waals surface area contributed by atoms with Gasteiger partial charge in [0, 0.05) is 24.5 Å². The molecule has 2 aliphatic heterocycles. The molecule has 0 spiro atoms. The number of hydrogen-bond donors (Lipinski definition) is 3. The fraction of sp³-hybridized carbons (Fsp3) is 0.400. The standard InChI is InChI=1S/C25H27N5O7/c31-14-17(13-23(34)35)27-24(36)20-4-2-10-29-22(33)8-7-18(25(37)30(20)29)28-21(32)12-15-5-6-16-3-1-9-26-19(16)11-15/h1,3,5-6,9,11,14,17-18,20H,2,4,7-8,10,12-13H2,(H,27,36)(H,28,32)(H,34,35). The van der Waals surface area contributed by atoms with Crippen LogP contribution in [0.15, 0.2) is 36.5 Å². The molecule has 2 saturated heterocycles. The summed E-state index contributed by atoms with van der Waals surface area (Å²) in [5.41, 5.74) is 1.44. The van der Waals surface area contributed by atoms with Gasteiger partial charge in [0.25, 0.3) is 5.91 Å². The number of rotatable bonds is 8. The molecule has 2 aromatic rings. The summed E-state index contributed by atoms with van der Waals surface area (Å²) in [6, 6.07) is 5.74. The molecule has 3 unspecified atom stereocenters. The highest BCUT2D eigenvalue weighted by Gasteiger charge is 2.44. The van der Waals surface area contributed by atoms with Gasteiger partial charge in [-0.05, 0) is 37.0 Å². The highest BCUT2D eigenvalue weighted by molar-refractivity contribution is 5.96. The van der Waals surface area contributed by atoms with E-state index in [9.17, 15) is 28.8 Å². The quantitative estimate of drug-likeness (QED) is 0.417. The minimum atomic E-state index is -1.27. The maximum absolute atomic E-state index is 13.5. The van der Waals surface area contributed by atoms with E-state index in [-0.39, 0.29) is 38.1 Å². The van der Waals surface area contributed by atoms with Crippen molar-refractivity contribution in [2.75, 3.05) is 6.54 Å². The monoisotopic (exact) mass is 509 g/mol. The maximum Gasteiger partial charge on any atom is 0.305 e. The second-order valence-electron chi connectivity index (χ2n) is 9.07. The summed E-state index contributed by atoms with van der Waals surface area (Å²) < 4.78 is 0. The van der Waals surface area contributed by atoms with Gasteiger partial charge in [0.05, 0.1) is 24.4 Å². The smallest absolute Gasteiger partial charge is 0.305 e. The van der Waals surface area contributed by atoms with Crippen LogP contribution in [0, 0.1) is 0 Å². The summed E-state index contributed by atoms with van der Waals surface area (Å²) in [6.07, 6.45) is 2.07. The molecule has 3 heterocycles. The zero-order chi connectivity index (χ0) is 26.5. The van der Waals surface area contributed by atoms with Gasteiger partial charge in [0.1, 0.15) is 18.4 Å². The molecule has 2 aliphatic rings. The third-order valence-electron chi connectivity index (χ3n) is 6.42. The van der Waals surface area contributed by atoms with Crippen LogP contribution >= 0.6 is 0 Å². The Labute approximate surface area is 212 Å². The molecule has 4 rings (SSSR count). The largest absolute Gasteiger partial charge is 0.481 e. The molecule has 3 N–H and O–H groups in total. The third-order valence-corrected chi connectivity index (χ3v) is 6.42. The van der Waals surface area contributed by atoms with E-state index in [1.54, 1.807) is 18.3 Å². The first-order valence-electron chi connectivity index (χ1n) is 12.0. The Kier molecular flexibility index (Phi) is 7.75. The number of carboxylic acids is 1. The van der Waals surface area contributed by atoms with Crippen molar-refractivity contribution in [1.29, 1.82) is 0 Å². The number of amides is 4. The van der Waals surface area contributed by atoms with Gasteiger partial charge in [-0.3, -0.25) is 34.0 Å². The van der Waals surface area contributed by atoms with Gasteiger partial charge in [0.15, 0.2) is 0 Å². The van der Waals surface area contributed by atoms with Crippen LogP contribution in [0.1, 0.15) is 37.7 Å². The van der Waals surface area contributed by atoms with Crippen molar-refractivity contribution in [3.63, 3.8) is 0 Å². The molecule has 12 heteroatoms. The zero-order valence-electron chi connectivity index (χ0n) is 20.0. The first-order chi connectivity index (χ1) is 17.8. The van der Waals surface area contributed by atoms with Crippen molar-refractivity contribution in [2.24, 2.45) is 0 Å². The molecule has 0 saturated carbocycles. The second-order valence-corrected chi connectivity index (χ2v) is 9.07. The van der Waals surface area contributed by atoms with Gasteiger partial charge in [-0.2, -0.15) is 0 Å². The van der Waals surface area contributed by atoms with E-state index < -0.39 is 48.2 Å². The van der Waals surface area contributed by atoms with Crippen LogP contribution in [0.5, 0.6) is 0 Å². The number of hydrazine groups is 1. The minimum absolute atomic E-state index is 0.00258. The Hall–Kier alpha value is -4.35. The highest BCUT2D eigenvalue weighted by atomic mass is 16.4. The number of nitrogens with zero attached hydrogens (tertiary/aromatic N) is 3. The third kappa shape index (κ3) is 5.90. The van der Waals surface area contributed by atoms with Crippen molar-refractivity contribution < 1.29 is 33.9 Å². The van der Waals surface area contributed by atoms with Crippen molar-refractivity contribution >= 4 is 46.8 Å². The topological polar surface area (TPSA) is 166 Å². The van der Waals surface area contributed by atoms with E-state index in [1.807, 2.05) is 18.2 Å². The Balaban J connectivity index is 1.48. The van der Waals surface area contributed by atoms with Crippen molar-refractivity contribution in [1.82, 2.24) is 25.6 Å². The molecule has 194 valence electrons. The predicted molar refractivity (Wildman–Crippen MR) is 128 cm³/mol. The number of fused-ring (bicyclic) bond motifs is 2. The molecule has 4 amide bonds. The number of nitrogens with one attached hydrogen (secondary N) is 2. The molecule has 0 bridgehead atoms. The molecule has 1 aromatic carbocycles. The fourth-order valence-electron chi connectivity index (χ4n) is 4.66. The normalized spacial score (nSPS) is 20.5. The van der Waals surface area contributed by atoms with E-state index in [4.69, 9.17) is 5.11 Å². The molecule has 2 fully saturated rings. The van der Waals surface area contributed by atoms with Gasteiger partial charge < -0.3 is 20.5 Å². The van der Waals surface area contributed by atoms with Crippen LogP contribution in [0.25, 0.3) is 10.9 Å². The Bertz CT molecular complexity index is 1250. The van der Waals surface area contributed by atoms with E-state index in [0.717, 1.165) is 15.9 Å². The fourth-order valence-corrected chi connectivity index (χ4v) is 4.66. The lowest BCUT2D eigenvalue weighted by molar-refractivity contribution is -0.176. The average molecular weight is 510 g/mol. The number of benzene rings is 1. The zero-order valence-corrected chi connectivity index (χ0v) is 20.0. The lowest BCUT2D eigenvalue weighted by atomic mass is 10.0. The Morgan fingerprint density at radius 1 is 1.19 bits per heavy atom. The second kappa shape index (κ2) is 11.1. The molecule has 3 atom stereocenters. The Morgan fingerprint density at radius 2 is 2.00 bits per heavy atom. The van der Waals surface area contributed by atoms with E-state index in [2.05, 4.69) is 15.6 Å². The molecular weight excluding hydrogens is 482 g/mol. The Morgan fingerprint density at radius 3 is 2.76 bits per heavy atom. The summed E-state index contributed by atoms with van der Waals surface area (Å²) >= 11 is 0. The number of hydrogen-bond acceptors (Lipinski definition) is 7. The maximum atomic E-state index is 13.5. The number of pyridine rings is 1. The lowest BCUT2D eigenvalue weighted by Gasteiger charge is -2.43. The van der Waals surface area contributed by atoms with Gasteiger partial charge in [-0.1, -0.05) is 18.2 Å². The first-order valence-corrected chi connectivity index (χ1v) is 12.0. The van der Waals surface area contributed by atoms with E-state index >= 15 is 0 Å². The summed E-state index contributed by atoms with van der Waals surface area (Å²) in [5, 5.41) is 17.2. The summed E-state index contributed by atoms with van der Waals surface area (Å²) in [6.45, 7) is 0.228. The highest BCUT2D eigenvalue weighted by Crippen LogP contribution is 2.25. The average Bonchev–Trinajstić information content (AvgIpc) is 3.00. The van der Waals surface area contributed by atoms with Gasteiger partial charge >= 0.3 is 5.97 Å². The molecular formula is C25H27N5O7. The van der Waals surface area contributed by atoms with Crippen LogP contribution in [-0.4, -0.2) is 80.7 Å². The number of carboxylic acid groups (broad SMARTS) is 1. The van der Waals surface area contributed by atoms with E-state index in [0.29, 0.717) is 18.3 Å². The van der Waals surface area contributed by atoms with Crippen LogP contribution in [-0.2, 0) is 35.2 Å². The summed E-state index contributed by atoms with van der Waals surface area (Å²) in [4.78, 5) is 78.6. The van der Waals surface area contributed by atoms with Crippen LogP contribution in [0.4, 0.5) is 0 Å². The van der Waals surface area contributed by atoms with Crippen molar-refractivity contribution in [2.45, 2.75) is 56.7 Å². The van der Waals surface area contributed by atoms with Crippen LogP contribution in [0.3, 0.4) is 0 Å². The molecule has 37 heavy (non-hydrogen) atoms. The lowest BCUT2D eigenvalue weighted by Crippen LogP contribution is -2.64. The first kappa shape index (κ1) is 25.7. The number of aromatic nitrogens is 1. The SMILES string of the molecule is O=CC(CC(=O)O)NC(=O)C1CCCN2C(=O)CCC(NC(=O)Cc3ccc4cccnc4c3)C(=O)N12. The predicted octanol–water partition coefficient (Wildman–Crippen LogP) is -0.0511. The van der Waals surface area contributed by atoms with Gasteiger partial charge in [-0.15, -0.1) is 0 Å². The molecule has 12 nitrogen and oxygen atoms in total. The number of aldehydes is 1. The number of carbonyl (C=O) groups is 6. The number of aliphatic carboxylic acids is 1. The van der Waals surface area contributed by atoms with Crippen molar-refractivity contribution in [3.8, 4) is 0 Å². The molecule has 0 radical (unpaired) electrons.